The van der Waals surface area contributed by atoms with Crippen LogP contribution in [0.4, 0.5) is 74.6 Å². The van der Waals surface area contributed by atoms with E-state index in [0.717, 1.165) is 0 Å². The number of benzene rings is 4. The number of hydrogen-bond donors (Lipinski definition) is 0. The summed E-state index contributed by atoms with van der Waals surface area (Å²) in [5, 5.41) is -1.36. The molecule has 4 aromatic carbocycles. The summed E-state index contributed by atoms with van der Waals surface area (Å²) in [6.45, 7) is 0. The molecule has 18 heteroatoms. The minimum Gasteiger partial charge on any atom is -0.205 e. The van der Waals surface area contributed by atoms with Crippen molar-refractivity contribution in [2.45, 2.75) is 0 Å². The van der Waals surface area contributed by atoms with Gasteiger partial charge in [-0.3, -0.25) is 0 Å². The van der Waals surface area contributed by atoms with E-state index in [1.807, 2.05) is 0 Å². The second-order valence-corrected chi connectivity index (χ2v) is 9.21. The van der Waals surface area contributed by atoms with E-state index < -0.39 is 148 Å². The third-order valence-corrected chi connectivity index (χ3v) is 6.85. The van der Waals surface area contributed by atoms with Crippen LogP contribution in [0.1, 0.15) is 0 Å². The summed E-state index contributed by atoms with van der Waals surface area (Å²) in [4.78, 5) is 0. The molecule has 0 saturated carbocycles. The maximum atomic E-state index is 15.6. The first-order valence-electron chi connectivity index (χ1n) is 10.5. The highest BCUT2D eigenvalue weighted by atomic mass is 28.1. The molecule has 0 spiro atoms. The van der Waals surface area contributed by atoms with Crippen LogP contribution in [-0.2, 0) is 0 Å². The molecule has 42 heavy (non-hydrogen) atoms. The zero-order valence-electron chi connectivity index (χ0n) is 19.4. The average Bonchev–Trinajstić information content (AvgIpc) is 2.95. The molecule has 0 aromatic heterocycles. The van der Waals surface area contributed by atoms with Gasteiger partial charge in [-0.1, -0.05) is 0 Å². The van der Waals surface area contributed by atoms with Gasteiger partial charge in [0.1, 0.15) is 17.5 Å². The SMILES string of the molecule is Fc1c(F)c(F)c(-c2c(F)c(-c3c(F)c(F)c(F)c(F)c3F)c(F)c(-c3c(F)c(F)c([SiH3])c(F)c3F)c2F)c(F)c1F. The Hall–Kier alpha value is -4.09. The van der Waals surface area contributed by atoms with Gasteiger partial charge in [-0.25, -0.2) is 74.6 Å². The van der Waals surface area contributed by atoms with E-state index in [-0.39, 0.29) is 0 Å². The normalized spacial score (nSPS) is 11.6. The molecule has 0 aliphatic rings. The summed E-state index contributed by atoms with van der Waals surface area (Å²) >= 11 is 0. The third-order valence-electron chi connectivity index (χ3n) is 5.97. The Morgan fingerprint density at radius 3 is 0.548 bits per heavy atom. The molecule has 0 aliphatic heterocycles. The summed E-state index contributed by atoms with van der Waals surface area (Å²) < 4.78 is 246. The fourth-order valence-electron chi connectivity index (χ4n) is 3.93. The zero-order valence-corrected chi connectivity index (χ0v) is 21.4. The van der Waals surface area contributed by atoms with Crippen LogP contribution in [0.15, 0.2) is 0 Å². The summed E-state index contributed by atoms with van der Waals surface area (Å²) in [6.07, 6.45) is 0. The molecular weight excluding hydrogens is 639 g/mol. The molecule has 4 aromatic rings. The van der Waals surface area contributed by atoms with Crippen molar-refractivity contribution in [3.05, 3.63) is 98.9 Å². The van der Waals surface area contributed by atoms with Crippen molar-refractivity contribution in [1.82, 2.24) is 0 Å². The van der Waals surface area contributed by atoms with E-state index in [4.69, 9.17) is 0 Å². The van der Waals surface area contributed by atoms with Gasteiger partial charge < -0.3 is 0 Å². The molecule has 0 heterocycles. The maximum Gasteiger partial charge on any atom is 0.200 e. The maximum absolute atomic E-state index is 15.6. The molecule has 0 bridgehead atoms. The Labute approximate surface area is 223 Å². The van der Waals surface area contributed by atoms with Crippen LogP contribution in [0.25, 0.3) is 33.4 Å². The Morgan fingerprint density at radius 2 is 0.333 bits per heavy atom. The number of halogens is 17. The Bertz CT molecular complexity index is 1540. The van der Waals surface area contributed by atoms with Crippen LogP contribution >= 0.6 is 0 Å². The van der Waals surface area contributed by atoms with Crippen molar-refractivity contribution in [2.75, 3.05) is 0 Å². The predicted molar refractivity (Wildman–Crippen MR) is 112 cm³/mol. The molecular formula is C24H3F17Si. The van der Waals surface area contributed by atoms with E-state index in [9.17, 15) is 61.5 Å². The van der Waals surface area contributed by atoms with Gasteiger partial charge in [0.25, 0.3) is 0 Å². The second kappa shape index (κ2) is 10.3. The first kappa shape index (κ1) is 30.9. The first-order valence-corrected chi connectivity index (χ1v) is 11.5. The van der Waals surface area contributed by atoms with E-state index >= 15 is 13.2 Å². The van der Waals surface area contributed by atoms with Gasteiger partial charge in [0.2, 0.25) is 11.6 Å². The van der Waals surface area contributed by atoms with Crippen LogP contribution in [0.3, 0.4) is 0 Å². The van der Waals surface area contributed by atoms with Crippen molar-refractivity contribution in [2.24, 2.45) is 0 Å². The summed E-state index contributed by atoms with van der Waals surface area (Å²) in [5.41, 5.74) is -16.3. The van der Waals surface area contributed by atoms with Gasteiger partial charge in [-0.05, 0) is 0 Å². The lowest BCUT2D eigenvalue weighted by atomic mass is 9.89. The van der Waals surface area contributed by atoms with Crippen LogP contribution in [0.2, 0.25) is 0 Å². The smallest absolute Gasteiger partial charge is 0.200 e. The van der Waals surface area contributed by atoms with Gasteiger partial charge in [-0.2, -0.15) is 0 Å². The fraction of sp³-hybridized carbons (Fsp3) is 0. The second-order valence-electron chi connectivity index (χ2n) is 8.21. The van der Waals surface area contributed by atoms with Gasteiger partial charge in [0.15, 0.2) is 69.8 Å². The summed E-state index contributed by atoms with van der Waals surface area (Å²) in [5.74, 6) is -49.9. The third kappa shape index (κ3) is 4.05. The molecule has 0 amide bonds. The quantitative estimate of drug-likeness (QED) is 0.0974. The Balaban J connectivity index is 2.41. The highest BCUT2D eigenvalue weighted by molar-refractivity contribution is 6.32. The highest BCUT2D eigenvalue weighted by Gasteiger charge is 2.40. The molecule has 0 aliphatic carbocycles. The average molecular weight is 642 g/mol. The predicted octanol–water partition coefficient (Wildman–Crippen LogP) is 7.04. The monoisotopic (exact) mass is 642 g/mol. The number of hydrogen-bond acceptors (Lipinski definition) is 0. The van der Waals surface area contributed by atoms with Crippen LogP contribution in [-0.4, -0.2) is 10.2 Å². The van der Waals surface area contributed by atoms with Gasteiger partial charge in [0, 0.05) is 15.4 Å². The summed E-state index contributed by atoms with van der Waals surface area (Å²) in [7, 11) is -0.838. The van der Waals surface area contributed by atoms with Crippen molar-refractivity contribution < 1.29 is 74.6 Å². The zero-order chi connectivity index (χ0) is 31.9. The highest BCUT2D eigenvalue weighted by Crippen LogP contribution is 2.47. The van der Waals surface area contributed by atoms with Gasteiger partial charge in [-0.15, -0.1) is 0 Å². The topological polar surface area (TPSA) is 0 Å². The molecule has 0 unspecified atom stereocenters. The Kier molecular flexibility index (Phi) is 7.58. The standard InChI is InChI=1S/C24H3F17Si/c25-7-1(4-10(28)16(34)20(38)17(35)11(4)29)8(26)3(6-14(32)22(40)24(42)23(41)15(6)33)9(27)2(7)5-12(30)18(36)21(39)19(37)13(5)31/h42H3. The molecule has 0 radical (unpaired) electrons. The van der Waals surface area contributed by atoms with Crippen molar-refractivity contribution in [3.8, 4) is 33.4 Å². The number of rotatable bonds is 3. The Morgan fingerprint density at radius 1 is 0.190 bits per heavy atom. The molecule has 0 fully saturated rings. The largest absolute Gasteiger partial charge is 0.205 e. The van der Waals surface area contributed by atoms with E-state index in [0.29, 0.717) is 0 Å². The lowest BCUT2D eigenvalue weighted by Gasteiger charge is -2.20. The molecule has 0 saturated heterocycles. The first-order chi connectivity index (χ1) is 19.4. The van der Waals surface area contributed by atoms with Crippen LogP contribution in [0, 0.1) is 98.9 Å². The van der Waals surface area contributed by atoms with Gasteiger partial charge >= 0.3 is 0 Å². The lowest BCUT2D eigenvalue weighted by molar-refractivity contribution is 0.379. The van der Waals surface area contributed by atoms with Crippen molar-refractivity contribution in [3.63, 3.8) is 0 Å². The summed E-state index contributed by atoms with van der Waals surface area (Å²) in [6, 6.07) is 0. The minimum atomic E-state index is -3.14. The minimum absolute atomic E-state index is 0.838. The van der Waals surface area contributed by atoms with Crippen molar-refractivity contribution in [1.29, 1.82) is 0 Å². The van der Waals surface area contributed by atoms with Crippen molar-refractivity contribution >= 4 is 15.4 Å². The fourth-order valence-corrected chi connectivity index (χ4v) is 4.37. The molecule has 4 rings (SSSR count). The van der Waals surface area contributed by atoms with E-state index in [1.165, 1.54) is 0 Å². The van der Waals surface area contributed by atoms with E-state index in [1.54, 1.807) is 0 Å². The van der Waals surface area contributed by atoms with Crippen LogP contribution < -0.4 is 5.19 Å². The van der Waals surface area contributed by atoms with E-state index in [2.05, 4.69) is 0 Å². The van der Waals surface area contributed by atoms with Crippen LogP contribution in [0.5, 0.6) is 0 Å². The molecule has 0 atom stereocenters. The molecule has 222 valence electrons. The molecule has 0 nitrogen and oxygen atoms in total. The molecule has 0 N–H and O–H groups in total. The van der Waals surface area contributed by atoms with Gasteiger partial charge in [0.05, 0.1) is 33.4 Å². The lowest BCUT2D eigenvalue weighted by Crippen LogP contribution is -2.21.